The highest BCUT2D eigenvalue weighted by molar-refractivity contribution is 7.19. The van der Waals surface area contributed by atoms with Crippen molar-refractivity contribution in [2.45, 2.75) is 43.9 Å². The van der Waals surface area contributed by atoms with Crippen LogP contribution in [0.2, 0.25) is 0 Å². The van der Waals surface area contributed by atoms with Gasteiger partial charge in [-0.05, 0) is 68.4 Å². The van der Waals surface area contributed by atoms with Gasteiger partial charge in [0, 0.05) is 21.9 Å². The van der Waals surface area contributed by atoms with Crippen LogP contribution in [-0.4, -0.2) is 24.8 Å². The summed E-state index contributed by atoms with van der Waals surface area (Å²) < 4.78 is 2.09. The number of benzene rings is 2. The van der Waals surface area contributed by atoms with Crippen LogP contribution in [-0.2, 0) is 5.41 Å². The Morgan fingerprint density at radius 2 is 1.53 bits per heavy atom. The molecule has 4 bridgehead atoms. The molecule has 0 saturated heterocycles. The maximum absolute atomic E-state index is 5.17. The van der Waals surface area contributed by atoms with Crippen molar-refractivity contribution in [2.75, 3.05) is 0 Å². The molecule has 9 rings (SSSR count). The fraction of sp³-hybridized carbons (Fsp3) is 0.357. The van der Waals surface area contributed by atoms with Crippen molar-refractivity contribution in [2.24, 2.45) is 17.8 Å². The number of hydrogen-bond donors (Lipinski definition) is 0. The first-order chi connectivity index (χ1) is 16.7. The standard InChI is InChI=1S/C28H25N5S/c1-2-6-20(7-3-1)24-13-22(21-8-4-5-9-23(21)29-24)25-32-33-26(30-31-27(33)34-25)28-14-17-10-18(15-28)12-19(11-17)16-28/h1-9,13,17-19H,10-12,14-16H2. The number of aromatic nitrogens is 5. The first kappa shape index (κ1) is 19.2. The summed E-state index contributed by atoms with van der Waals surface area (Å²) in [5, 5.41) is 16.7. The molecule has 2 aromatic carbocycles. The van der Waals surface area contributed by atoms with Gasteiger partial charge in [0.2, 0.25) is 4.96 Å². The maximum atomic E-state index is 5.17. The molecule has 5 aromatic rings. The van der Waals surface area contributed by atoms with Crippen LogP contribution in [0.4, 0.5) is 0 Å². The van der Waals surface area contributed by atoms with E-state index in [2.05, 4.69) is 64.2 Å². The van der Waals surface area contributed by atoms with Crippen molar-refractivity contribution < 1.29 is 0 Å². The fourth-order valence-corrected chi connectivity index (χ4v) is 8.42. The van der Waals surface area contributed by atoms with Crippen LogP contribution >= 0.6 is 11.3 Å². The van der Waals surface area contributed by atoms with Crippen LogP contribution in [0.3, 0.4) is 0 Å². The zero-order valence-electron chi connectivity index (χ0n) is 18.9. The predicted octanol–water partition coefficient (Wildman–Crippen LogP) is 6.54. The molecule has 0 atom stereocenters. The average molecular weight is 464 g/mol. The third-order valence-corrected chi connectivity index (χ3v) is 9.45. The Balaban J connectivity index is 1.29. The van der Waals surface area contributed by atoms with Gasteiger partial charge >= 0.3 is 0 Å². The second-order valence-electron chi connectivity index (χ2n) is 10.8. The Labute approximate surface area is 201 Å². The number of pyridine rings is 1. The zero-order chi connectivity index (χ0) is 22.3. The lowest BCUT2D eigenvalue weighted by Gasteiger charge is -2.55. The summed E-state index contributed by atoms with van der Waals surface area (Å²) in [6, 6.07) is 21.0. The third-order valence-electron chi connectivity index (χ3n) is 8.52. The lowest BCUT2D eigenvalue weighted by atomic mass is 9.49. The van der Waals surface area contributed by atoms with Gasteiger partial charge in [0.15, 0.2) is 5.82 Å². The Morgan fingerprint density at radius 1 is 0.824 bits per heavy atom. The first-order valence-corrected chi connectivity index (χ1v) is 13.2. The topological polar surface area (TPSA) is 56.0 Å². The van der Waals surface area contributed by atoms with E-state index in [-0.39, 0.29) is 5.41 Å². The molecule has 3 heterocycles. The maximum Gasteiger partial charge on any atom is 0.235 e. The van der Waals surface area contributed by atoms with Gasteiger partial charge in [-0.2, -0.15) is 9.61 Å². The number of nitrogens with zero attached hydrogens (tertiary/aromatic N) is 5. The molecule has 5 nitrogen and oxygen atoms in total. The molecule has 0 N–H and O–H groups in total. The van der Waals surface area contributed by atoms with E-state index in [1.807, 2.05) is 6.07 Å². The number of hydrogen-bond acceptors (Lipinski definition) is 5. The third kappa shape index (κ3) is 2.78. The Morgan fingerprint density at radius 3 is 2.29 bits per heavy atom. The minimum absolute atomic E-state index is 0.176. The summed E-state index contributed by atoms with van der Waals surface area (Å²) in [6.45, 7) is 0. The lowest BCUT2D eigenvalue weighted by Crippen LogP contribution is -2.49. The van der Waals surface area contributed by atoms with Gasteiger partial charge in [-0.25, -0.2) is 4.98 Å². The van der Waals surface area contributed by atoms with Crippen molar-refractivity contribution in [3.63, 3.8) is 0 Å². The Hall–Kier alpha value is -3.12. The molecule has 4 saturated carbocycles. The molecular weight excluding hydrogens is 438 g/mol. The molecule has 4 aliphatic rings. The summed E-state index contributed by atoms with van der Waals surface area (Å²) in [5.41, 5.74) is 4.38. The molecular formula is C28H25N5S. The van der Waals surface area contributed by atoms with E-state index < -0.39 is 0 Å². The Kier molecular flexibility index (Phi) is 3.93. The molecule has 0 unspecified atom stereocenters. The molecule has 6 heteroatoms. The smallest absolute Gasteiger partial charge is 0.235 e. The predicted molar refractivity (Wildman–Crippen MR) is 135 cm³/mol. The van der Waals surface area contributed by atoms with Gasteiger partial charge < -0.3 is 0 Å². The molecule has 0 amide bonds. The molecule has 3 aromatic heterocycles. The van der Waals surface area contributed by atoms with Gasteiger partial charge in [0.1, 0.15) is 5.01 Å². The number of rotatable bonds is 3. The average Bonchev–Trinajstić information content (AvgIpc) is 3.44. The van der Waals surface area contributed by atoms with Crippen LogP contribution in [0.1, 0.15) is 44.3 Å². The van der Waals surface area contributed by atoms with E-state index in [1.165, 1.54) is 38.5 Å². The van der Waals surface area contributed by atoms with Crippen LogP contribution < -0.4 is 0 Å². The molecule has 0 spiro atoms. The minimum Gasteiger partial charge on any atom is -0.248 e. The van der Waals surface area contributed by atoms with E-state index >= 15 is 0 Å². The lowest BCUT2D eigenvalue weighted by molar-refractivity contribution is -0.0103. The van der Waals surface area contributed by atoms with Crippen LogP contribution in [0.5, 0.6) is 0 Å². The van der Waals surface area contributed by atoms with Gasteiger partial charge in [0.25, 0.3) is 0 Å². The quantitative estimate of drug-likeness (QED) is 0.305. The van der Waals surface area contributed by atoms with Crippen LogP contribution in [0.15, 0.2) is 60.7 Å². The minimum atomic E-state index is 0.176. The summed E-state index contributed by atoms with van der Waals surface area (Å²) in [6.07, 6.45) is 8.08. The molecule has 0 aliphatic heterocycles. The zero-order valence-corrected chi connectivity index (χ0v) is 19.7. The summed E-state index contributed by atoms with van der Waals surface area (Å²) in [4.78, 5) is 5.87. The molecule has 4 aliphatic carbocycles. The van der Waals surface area contributed by atoms with E-state index in [0.717, 1.165) is 61.3 Å². The van der Waals surface area contributed by atoms with E-state index in [4.69, 9.17) is 15.2 Å². The first-order valence-electron chi connectivity index (χ1n) is 12.4. The second-order valence-corrected chi connectivity index (χ2v) is 11.7. The van der Waals surface area contributed by atoms with E-state index in [1.54, 1.807) is 11.3 Å². The highest BCUT2D eigenvalue weighted by Gasteiger charge is 2.54. The number of fused-ring (bicyclic) bond motifs is 2. The van der Waals surface area contributed by atoms with Crippen LogP contribution in [0.25, 0.3) is 37.7 Å². The molecule has 4 fully saturated rings. The summed E-state index contributed by atoms with van der Waals surface area (Å²) in [7, 11) is 0. The SMILES string of the molecule is c1ccc(-c2cc(-c3nn4c(C56CC7CC(CC(C7)C5)C6)nnc4s3)c3ccccc3n2)cc1. The fourth-order valence-electron chi connectivity index (χ4n) is 7.55. The van der Waals surface area contributed by atoms with Crippen molar-refractivity contribution in [3.8, 4) is 21.8 Å². The van der Waals surface area contributed by atoms with Crippen molar-refractivity contribution in [3.05, 3.63) is 66.5 Å². The monoisotopic (exact) mass is 463 g/mol. The molecule has 168 valence electrons. The van der Waals surface area contributed by atoms with Gasteiger partial charge in [-0.1, -0.05) is 59.9 Å². The highest BCUT2D eigenvalue weighted by atomic mass is 32.1. The summed E-state index contributed by atoms with van der Waals surface area (Å²) in [5.74, 6) is 3.73. The van der Waals surface area contributed by atoms with Crippen molar-refractivity contribution in [1.82, 2.24) is 24.8 Å². The highest BCUT2D eigenvalue weighted by Crippen LogP contribution is 2.60. The second kappa shape index (κ2) is 6.95. The Bertz CT molecular complexity index is 1510. The largest absolute Gasteiger partial charge is 0.248 e. The molecule has 34 heavy (non-hydrogen) atoms. The van der Waals surface area contributed by atoms with Crippen LogP contribution in [0, 0.1) is 17.8 Å². The number of para-hydroxylation sites is 1. The van der Waals surface area contributed by atoms with E-state index in [9.17, 15) is 0 Å². The molecule has 0 radical (unpaired) electrons. The van der Waals surface area contributed by atoms with Crippen molar-refractivity contribution in [1.29, 1.82) is 0 Å². The summed E-state index contributed by atoms with van der Waals surface area (Å²) >= 11 is 1.64. The normalized spacial score (nSPS) is 27.7. The van der Waals surface area contributed by atoms with Gasteiger partial charge in [0.05, 0.1) is 11.2 Å². The van der Waals surface area contributed by atoms with Gasteiger partial charge in [-0.15, -0.1) is 10.2 Å². The van der Waals surface area contributed by atoms with E-state index in [0.29, 0.717) is 0 Å². The van der Waals surface area contributed by atoms with Crippen molar-refractivity contribution >= 4 is 27.2 Å². The van der Waals surface area contributed by atoms with Gasteiger partial charge in [-0.3, -0.25) is 0 Å².